The van der Waals surface area contributed by atoms with Crippen LogP contribution in [-0.2, 0) is 22.9 Å². The number of nitrogens with zero attached hydrogens (tertiary/aromatic N) is 4. The van der Waals surface area contributed by atoms with Crippen LogP contribution in [0.5, 0.6) is 0 Å². The van der Waals surface area contributed by atoms with E-state index in [9.17, 15) is 0 Å². The van der Waals surface area contributed by atoms with E-state index in [4.69, 9.17) is 9.47 Å². The van der Waals surface area contributed by atoms with Gasteiger partial charge < -0.3 is 9.47 Å². The van der Waals surface area contributed by atoms with Crippen molar-refractivity contribution < 1.29 is 9.47 Å². The molecule has 1 heterocycles. The third-order valence-corrected chi connectivity index (χ3v) is 1.76. The Bertz CT molecular complexity index is 258. The van der Waals surface area contributed by atoms with Crippen molar-refractivity contribution in [2.24, 2.45) is 7.05 Å². The number of hydrogen-bond acceptors (Lipinski definition) is 5. The monoisotopic (exact) mass is 200 g/mol. The number of aromatic nitrogens is 4. The van der Waals surface area contributed by atoms with E-state index < -0.39 is 0 Å². The average molecular weight is 200 g/mol. The van der Waals surface area contributed by atoms with Gasteiger partial charge in [-0.15, -0.1) is 5.10 Å². The molecule has 0 fully saturated rings. The molecule has 0 radical (unpaired) electrons. The highest BCUT2D eigenvalue weighted by molar-refractivity contribution is 4.80. The summed E-state index contributed by atoms with van der Waals surface area (Å²) in [7, 11) is 1.80. The van der Waals surface area contributed by atoms with Crippen molar-refractivity contribution in [1.29, 1.82) is 0 Å². The Morgan fingerprint density at radius 1 is 1.29 bits per heavy atom. The highest BCUT2D eigenvalue weighted by Gasteiger charge is 2.13. The van der Waals surface area contributed by atoms with Crippen LogP contribution in [0.25, 0.3) is 0 Å². The van der Waals surface area contributed by atoms with E-state index in [0.717, 1.165) is 5.82 Å². The molecule has 6 nitrogen and oxygen atoms in total. The Balaban J connectivity index is 2.50. The number of tetrazole rings is 1. The summed E-state index contributed by atoms with van der Waals surface area (Å²) in [4.78, 5) is 0. The Morgan fingerprint density at radius 2 is 1.93 bits per heavy atom. The van der Waals surface area contributed by atoms with Gasteiger partial charge in [0.15, 0.2) is 12.1 Å². The maximum absolute atomic E-state index is 5.38. The van der Waals surface area contributed by atoms with Crippen molar-refractivity contribution in [2.75, 3.05) is 13.2 Å². The molecule has 80 valence electrons. The molecule has 0 saturated heterocycles. The van der Waals surface area contributed by atoms with Gasteiger partial charge in [-0.3, -0.25) is 0 Å². The number of aryl methyl sites for hydroxylation is 1. The lowest BCUT2D eigenvalue weighted by Gasteiger charge is -2.15. The van der Waals surface area contributed by atoms with Crippen molar-refractivity contribution in [3.8, 4) is 0 Å². The van der Waals surface area contributed by atoms with Gasteiger partial charge in [0, 0.05) is 20.3 Å². The van der Waals surface area contributed by atoms with Crippen LogP contribution in [0.15, 0.2) is 0 Å². The van der Waals surface area contributed by atoms with Crippen LogP contribution in [0.4, 0.5) is 0 Å². The molecule has 0 N–H and O–H groups in total. The maximum atomic E-state index is 5.38. The molecule has 0 saturated carbocycles. The lowest BCUT2D eigenvalue weighted by Crippen LogP contribution is -2.22. The van der Waals surface area contributed by atoms with E-state index in [1.165, 1.54) is 0 Å². The van der Waals surface area contributed by atoms with Gasteiger partial charge in [-0.2, -0.15) is 0 Å². The van der Waals surface area contributed by atoms with Gasteiger partial charge in [0.25, 0.3) is 0 Å². The van der Waals surface area contributed by atoms with E-state index in [2.05, 4.69) is 15.5 Å². The minimum Gasteiger partial charge on any atom is -0.352 e. The minimum atomic E-state index is -0.255. The third-order valence-electron chi connectivity index (χ3n) is 1.76. The lowest BCUT2D eigenvalue weighted by molar-refractivity contribution is -0.135. The molecule has 1 aromatic heterocycles. The molecule has 0 unspecified atom stereocenters. The normalized spacial score (nSPS) is 11.1. The molecule has 14 heavy (non-hydrogen) atoms. The molecule has 0 bridgehead atoms. The smallest absolute Gasteiger partial charge is 0.164 e. The van der Waals surface area contributed by atoms with Crippen LogP contribution < -0.4 is 0 Å². The van der Waals surface area contributed by atoms with E-state index in [0.29, 0.717) is 19.6 Å². The summed E-state index contributed by atoms with van der Waals surface area (Å²) in [6, 6.07) is 0. The van der Waals surface area contributed by atoms with E-state index in [1.54, 1.807) is 11.7 Å². The minimum absolute atomic E-state index is 0.255. The summed E-state index contributed by atoms with van der Waals surface area (Å²) < 4.78 is 12.4. The van der Waals surface area contributed by atoms with Gasteiger partial charge in [0.2, 0.25) is 0 Å². The van der Waals surface area contributed by atoms with E-state index in [1.807, 2.05) is 13.8 Å². The Labute approximate surface area is 83.2 Å². The lowest BCUT2D eigenvalue weighted by atomic mass is 10.4. The second-order valence-electron chi connectivity index (χ2n) is 2.76. The summed E-state index contributed by atoms with van der Waals surface area (Å²) in [5.41, 5.74) is 0. The van der Waals surface area contributed by atoms with Gasteiger partial charge in [-0.25, -0.2) is 4.68 Å². The van der Waals surface area contributed by atoms with Crippen molar-refractivity contribution in [2.45, 2.75) is 26.6 Å². The zero-order valence-corrected chi connectivity index (χ0v) is 8.80. The van der Waals surface area contributed by atoms with Gasteiger partial charge in [-0.1, -0.05) is 0 Å². The van der Waals surface area contributed by atoms with Gasteiger partial charge >= 0.3 is 0 Å². The van der Waals surface area contributed by atoms with Crippen molar-refractivity contribution in [3.05, 3.63) is 5.82 Å². The van der Waals surface area contributed by atoms with Crippen molar-refractivity contribution in [1.82, 2.24) is 20.2 Å². The fourth-order valence-corrected chi connectivity index (χ4v) is 1.11. The van der Waals surface area contributed by atoms with Crippen molar-refractivity contribution >= 4 is 0 Å². The summed E-state index contributed by atoms with van der Waals surface area (Å²) >= 11 is 0. The second-order valence-corrected chi connectivity index (χ2v) is 2.76. The maximum Gasteiger partial charge on any atom is 0.164 e. The van der Waals surface area contributed by atoms with Crippen LogP contribution in [0, 0.1) is 0 Å². The van der Waals surface area contributed by atoms with Gasteiger partial charge in [-0.05, 0) is 24.3 Å². The molecule has 0 aliphatic carbocycles. The third kappa shape index (κ3) is 3.04. The molecule has 1 aromatic rings. The topological polar surface area (TPSA) is 62.1 Å². The first kappa shape index (κ1) is 11.1. The van der Waals surface area contributed by atoms with Crippen LogP contribution in [-0.4, -0.2) is 39.7 Å². The predicted octanol–water partition coefficient (Wildman–Crippen LogP) is 0.152. The number of ether oxygens (including phenoxy) is 2. The summed E-state index contributed by atoms with van der Waals surface area (Å²) in [5, 5.41) is 11.1. The first-order valence-electron chi connectivity index (χ1n) is 4.72. The van der Waals surface area contributed by atoms with Gasteiger partial charge in [0.1, 0.15) is 0 Å². The quantitative estimate of drug-likeness (QED) is 0.612. The van der Waals surface area contributed by atoms with Gasteiger partial charge in [0.05, 0.1) is 6.42 Å². The SMILES string of the molecule is CCOC(Cc1nnnn1C)OCC. The summed E-state index contributed by atoms with van der Waals surface area (Å²) in [6.45, 7) is 5.10. The number of rotatable bonds is 6. The van der Waals surface area contributed by atoms with Crippen molar-refractivity contribution in [3.63, 3.8) is 0 Å². The Morgan fingerprint density at radius 3 is 2.36 bits per heavy atom. The molecule has 6 heteroatoms. The molecule has 0 atom stereocenters. The standard InChI is InChI=1S/C8H16N4O2/c1-4-13-8(14-5-2)6-7-9-10-11-12(7)3/h8H,4-6H2,1-3H3. The highest BCUT2D eigenvalue weighted by Crippen LogP contribution is 2.02. The molecule has 0 aromatic carbocycles. The second kappa shape index (κ2) is 5.66. The largest absolute Gasteiger partial charge is 0.352 e. The average Bonchev–Trinajstić information content (AvgIpc) is 2.53. The van der Waals surface area contributed by atoms with Crippen LogP contribution in [0.2, 0.25) is 0 Å². The molecular weight excluding hydrogens is 184 g/mol. The fourth-order valence-electron chi connectivity index (χ4n) is 1.11. The first-order chi connectivity index (χ1) is 6.77. The molecular formula is C8H16N4O2. The van der Waals surface area contributed by atoms with E-state index in [-0.39, 0.29) is 6.29 Å². The Hall–Kier alpha value is -1.01. The Kier molecular flexibility index (Phi) is 4.48. The zero-order chi connectivity index (χ0) is 10.4. The zero-order valence-electron chi connectivity index (χ0n) is 8.80. The van der Waals surface area contributed by atoms with E-state index >= 15 is 0 Å². The highest BCUT2D eigenvalue weighted by atomic mass is 16.7. The molecule has 0 amide bonds. The summed E-state index contributed by atoms with van der Waals surface area (Å²) in [5.74, 6) is 0.761. The molecule has 1 rings (SSSR count). The predicted molar refractivity (Wildman–Crippen MR) is 49.5 cm³/mol. The van der Waals surface area contributed by atoms with Crippen LogP contribution in [0.3, 0.4) is 0 Å². The molecule has 0 aliphatic heterocycles. The molecule has 0 aliphatic rings. The fraction of sp³-hybridized carbons (Fsp3) is 0.875. The summed E-state index contributed by atoms with van der Waals surface area (Å²) in [6.07, 6.45) is 0.320. The molecule has 0 spiro atoms. The first-order valence-corrected chi connectivity index (χ1v) is 4.72. The van der Waals surface area contributed by atoms with Crippen LogP contribution >= 0.6 is 0 Å². The van der Waals surface area contributed by atoms with Crippen LogP contribution in [0.1, 0.15) is 19.7 Å². The number of hydrogen-bond donors (Lipinski definition) is 0.